The first-order valence-corrected chi connectivity index (χ1v) is 6.46. The molecule has 112 valence electrons. The number of carbonyl (C=O) groups excluding carboxylic acids is 2. The molecule has 0 bridgehead atoms. The van der Waals surface area contributed by atoms with Crippen LogP contribution in [0.25, 0.3) is 5.69 Å². The highest BCUT2D eigenvalue weighted by Gasteiger charge is 2.10. The molecule has 0 aliphatic heterocycles. The molecule has 22 heavy (non-hydrogen) atoms. The van der Waals surface area contributed by atoms with Gasteiger partial charge in [-0.3, -0.25) is 4.79 Å². The van der Waals surface area contributed by atoms with Gasteiger partial charge in [0.25, 0.3) is 5.91 Å². The number of ether oxygens (including phenoxy) is 1. The minimum atomic E-state index is -0.597. The van der Waals surface area contributed by atoms with Crippen LogP contribution in [-0.4, -0.2) is 39.8 Å². The maximum atomic E-state index is 11.8. The van der Waals surface area contributed by atoms with E-state index in [0.29, 0.717) is 5.56 Å². The Hall–Kier alpha value is -3.21. The van der Waals surface area contributed by atoms with Gasteiger partial charge in [-0.15, -0.1) is 0 Å². The Kier molecular flexibility index (Phi) is 5.20. The third kappa shape index (κ3) is 4.14. The summed E-state index contributed by atoms with van der Waals surface area (Å²) in [4.78, 5) is 27.0. The van der Waals surface area contributed by atoms with Crippen LogP contribution in [-0.2, 0) is 9.53 Å². The lowest BCUT2D eigenvalue weighted by molar-refractivity contribution is -0.124. The number of hydrogen-bond acceptors (Lipinski definition) is 6. The number of amides is 1. The Morgan fingerprint density at radius 1 is 1.32 bits per heavy atom. The zero-order valence-corrected chi connectivity index (χ0v) is 11.6. The van der Waals surface area contributed by atoms with Gasteiger partial charge in [-0.1, -0.05) is 0 Å². The maximum absolute atomic E-state index is 11.8. The molecule has 1 heterocycles. The molecule has 0 saturated heterocycles. The molecular formula is C14H13N5O3. The topological polar surface area (TPSA) is 110 Å². The quantitative estimate of drug-likeness (QED) is 0.612. The van der Waals surface area contributed by atoms with Crippen molar-refractivity contribution < 1.29 is 14.3 Å². The number of nitrogens with zero attached hydrogens (tertiary/aromatic N) is 4. The first-order valence-electron chi connectivity index (χ1n) is 6.46. The number of hydrogen-bond donors (Lipinski definition) is 1. The molecule has 0 spiro atoms. The van der Waals surface area contributed by atoms with Crippen LogP contribution < -0.4 is 5.32 Å². The second-order valence-corrected chi connectivity index (χ2v) is 4.22. The second-order valence-electron chi connectivity index (χ2n) is 4.22. The van der Waals surface area contributed by atoms with Gasteiger partial charge in [0, 0.05) is 6.54 Å². The number of nitriles is 1. The maximum Gasteiger partial charge on any atom is 0.338 e. The lowest BCUT2D eigenvalue weighted by atomic mass is 10.2. The Morgan fingerprint density at radius 2 is 2.09 bits per heavy atom. The van der Waals surface area contributed by atoms with Crippen molar-refractivity contribution in [3.05, 3.63) is 42.5 Å². The van der Waals surface area contributed by atoms with Crippen LogP contribution in [0.4, 0.5) is 0 Å². The molecule has 1 aromatic heterocycles. The summed E-state index contributed by atoms with van der Waals surface area (Å²) >= 11 is 0. The van der Waals surface area contributed by atoms with Crippen LogP contribution in [0.3, 0.4) is 0 Å². The van der Waals surface area contributed by atoms with Gasteiger partial charge in [-0.2, -0.15) is 10.4 Å². The summed E-state index contributed by atoms with van der Waals surface area (Å²) in [6.07, 6.45) is 3.16. The van der Waals surface area contributed by atoms with Gasteiger partial charge >= 0.3 is 5.97 Å². The summed E-state index contributed by atoms with van der Waals surface area (Å²) in [5, 5.41) is 14.8. The largest absolute Gasteiger partial charge is 0.452 e. The molecule has 0 aliphatic carbocycles. The number of esters is 1. The fraction of sp³-hybridized carbons (Fsp3) is 0.214. The van der Waals surface area contributed by atoms with E-state index in [2.05, 4.69) is 15.4 Å². The molecule has 1 aromatic carbocycles. The number of nitrogens with one attached hydrogen (secondary N) is 1. The standard InChI is InChI=1S/C14H13N5O3/c15-6-1-7-17-13(20)8-22-14(21)11-2-4-12(5-3-11)19-10-16-9-18-19/h2-5,9-10H,1,7-8H2,(H,17,20). The predicted molar refractivity (Wildman–Crippen MR) is 74.9 cm³/mol. The molecule has 8 nitrogen and oxygen atoms in total. The predicted octanol–water partition coefficient (Wildman–Crippen LogP) is 0.454. The summed E-state index contributed by atoms with van der Waals surface area (Å²) in [6.45, 7) is -0.144. The molecule has 2 rings (SSSR count). The zero-order chi connectivity index (χ0) is 15.8. The molecule has 0 saturated carbocycles. The van der Waals surface area contributed by atoms with Crippen molar-refractivity contribution >= 4 is 11.9 Å². The molecule has 0 unspecified atom stereocenters. The molecule has 1 N–H and O–H groups in total. The lowest BCUT2D eigenvalue weighted by Crippen LogP contribution is -2.29. The number of benzene rings is 1. The summed E-state index contributed by atoms with van der Waals surface area (Å²) in [5.74, 6) is -1.04. The van der Waals surface area contributed by atoms with Gasteiger partial charge in [0.2, 0.25) is 0 Å². The van der Waals surface area contributed by atoms with Crippen molar-refractivity contribution in [3.8, 4) is 11.8 Å². The third-order valence-corrected chi connectivity index (χ3v) is 2.68. The van der Waals surface area contributed by atoms with Crippen LogP contribution >= 0.6 is 0 Å². The lowest BCUT2D eigenvalue weighted by Gasteiger charge is -2.06. The van der Waals surface area contributed by atoms with E-state index in [0.717, 1.165) is 5.69 Å². The van der Waals surface area contributed by atoms with E-state index >= 15 is 0 Å². The fourth-order valence-corrected chi connectivity index (χ4v) is 1.62. The molecule has 0 aliphatic rings. The van der Waals surface area contributed by atoms with Crippen molar-refractivity contribution in [2.24, 2.45) is 0 Å². The van der Waals surface area contributed by atoms with Crippen molar-refractivity contribution in [2.75, 3.05) is 13.2 Å². The highest BCUT2D eigenvalue weighted by Crippen LogP contribution is 2.09. The molecule has 0 fully saturated rings. The van der Waals surface area contributed by atoms with E-state index in [9.17, 15) is 9.59 Å². The summed E-state index contributed by atoms with van der Waals surface area (Å²) in [6, 6.07) is 8.43. The van der Waals surface area contributed by atoms with Gasteiger partial charge in [-0.25, -0.2) is 14.5 Å². The number of carbonyl (C=O) groups is 2. The van der Waals surface area contributed by atoms with Crippen LogP contribution in [0, 0.1) is 11.3 Å². The highest BCUT2D eigenvalue weighted by atomic mass is 16.5. The zero-order valence-electron chi connectivity index (χ0n) is 11.6. The van der Waals surface area contributed by atoms with Crippen LogP contribution in [0.2, 0.25) is 0 Å². The van der Waals surface area contributed by atoms with E-state index in [-0.39, 0.29) is 19.6 Å². The third-order valence-electron chi connectivity index (χ3n) is 2.68. The molecule has 0 atom stereocenters. The van der Waals surface area contributed by atoms with Crippen LogP contribution in [0.5, 0.6) is 0 Å². The van der Waals surface area contributed by atoms with Crippen LogP contribution in [0.15, 0.2) is 36.9 Å². The average Bonchev–Trinajstić information content (AvgIpc) is 3.07. The van der Waals surface area contributed by atoms with Gasteiger partial charge in [0.1, 0.15) is 12.7 Å². The Morgan fingerprint density at radius 3 is 2.73 bits per heavy atom. The summed E-state index contributed by atoms with van der Waals surface area (Å²) in [7, 11) is 0. The van der Waals surface area contributed by atoms with Crippen molar-refractivity contribution in [3.63, 3.8) is 0 Å². The van der Waals surface area contributed by atoms with Gasteiger partial charge in [-0.05, 0) is 24.3 Å². The monoisotopic (exact) mass is 299 g/mol. The summed E-state index contributed by atoms with van der Waals surface area (Å²) < 4.78 is 6.44. The number of rotatable bonds is 6. The highest BCUT2D eigenvalue weighted by molar-refractivity contribution is 5.91. The first kappa shape index (κ1) is 15.2. The normalized spacial score (nSPS) is 9.77. The first-order chi connectivity index (χ1) is 10.7. The van der Waals surface area contributed by atoms with Crippen molar-refractivity contribution in [1.82, 2.24) is 20.1 Å². The second kappa shape index (κ2) is 7.54. The summed E-state index contributed by atoms with van der Waals surface area (Å²) in [5.41, 5.74) is 1.08. The smallest absolute Gasteiger partial charge is 0.338 e. The van der Waals surface area contributed by atoms with Crippen molar-refractivity contribution in [1.29, 1.82) is 5.26 Å². The molecule has 2 aromatic rings. The van der Waals surface area contributed by atoms with Gasteiger partial charge in [0.15, 0.2) is 6.61 Å². The van der Waals surface area contributed by atoms with Gasteiger partial charge < -0.3 is 10.1 Å². The van der Waals surface area contributed by atoms with E-state index in [1.165, 1.54) is 6.33 Å². The van der Waals surface area contributed by atoms with Gasteiger partial charge in [0.05, 0.1) is 23.7 Å². The van der Waals surface area contributed by atoms with E-state index in [1.807, 2.05) is 6.07 Å². The fourth-order valence-electron chi connectivity index (χ4n) is 1.62. The molecule has 0 radical (unpaired) electrons. The Labute approximate surface area is 126 Å². The molecule has 1 amide bonds. The average molecular weight is 299 g/mol. The van der Waals surface area contributed by atoms with Crippen molar-refractivity contribution in [2.45, 2.75) is 6.42 Å². The Bertz CT molecular complexity index is 674. The molecular weight excluding hydrogens is 286 g/mol. The minimum Gasteiger partial charge on any atom is -0.452 e. The van der Waals surface area contributed by atoms with E-state index < -0.39 is 11.9 Å². The van der Waals surface area contributed by atoms with E-state index in [4.69, 9.17) is 10.00 Å². The minimum absolute atomic E-state index is 0.212. The Balaban J connectivity index is 1.85. The number of aromatic nitrogens is 3. The SMILES string of the molecule is N#CCCNC(=O)COC(=O)c1ccc(-n2cncn2)cc1. The van der Waals surface area contributed by atoms with E-state index in [1.54, 1.807) is 35.3 Å². The molecule has 8 heteroatoms. The van der Waals surface area contributed by atoms with Crippen LogP contribution in [0.1, 0.15) is 16.8 Å².